The first kappa shape index (κ1) is 16.9. The van der Waals surface area contributed by atoms with E-state index in [-0.39, 0.29) is 12.4 Å². The molecule has 0 aromatic heterocycles. The molecule has 0 amide bonds. The molecule has 0 unspecified atom stereocenters. The van der Waals surface area contributed by atoms with Gasteiger partial charge in [-0.15, -0.1) is 19.0 Å². The zero-order valence-electron chi connectivity index (χ0n) is 12.3. The lowest BCUT2D eigenvalue weighted by Gasteiger charge is -2.16. The van der Waals surface area contributed by atoms with E-state index in [9.17, 15) is 0 Å². The van der Waals surface area contributed by atoms with Crippen molar-refractivity contribution in [1.29, 1.82) is 0 Å². The van der Waals surface area contributed by atoms with Gasteiger partial charge >= 0.3 is 0 Å². The third-order valence-electron chi connectivity index (χ3n) is 3.24. The van der Waals surface area contributed by atoms with Gasteiger partial charge in [0.15, 0.2) is 11.5 Å². The quantitative estimate of drug-likeness (QED) is 0.745. The monoisotopic (exact) mass is 297 g/mol. The second-order valence-corrected chi connectivity index (χ2v) is 4.87. The standard InChI is InChI=1S/C16H23NO2.ClH/c1-4-6-13-9-12(11-17-14-7-8-14)10-15(18-3)16(13)19-5-2;/h4,9-10,14,17H,1,5-8,11H2,2-3H3;1H. The summed E-state index contributed by atoms with van der Waals surface area (Å²) >= 11 is 0. The summed E-state index contributed by atoms with van der Waals surface area (Å²) in [4.78, 5) is 0. The van der Waals surface area contributed by atoms with Crippen LogP contribution in [-0.2, 0) is 13.0 Å². The smallest absolute Gasteiger partial charge is 0.164 e. The average molecular weight is 298 g/mol. The summed E-state index contributed by atoms with van der Waals surface area (Å²) < 4.78 is 11.2. The number of benzene rings is 1. The number of hydrogen-bond donors (Lipinski definition) is 1. The zero-order chi connectivity index (χ0) is 13.7. The van der Waals surface area contributed by atoms with E-state index in [4.69, 9.17) is 9.47 Å². The van der Waals surface area contributed by atoms with Crippen LogP contribution in [0.4, 0.5) is 0 Å². The van der Waals surface area contributed by atoms with Crippen LogP contribution in [0.3, 0.4) is 0 Å². The van der Waals surface area contributed by atoms with Crippen molar-refractivity contribution in [2.45, 2.75) is 38.8 Å². The van der Waals surface area contributed by atoms with E-state index in [1.54, 1.807) is 7.11 Å². The molecule has 0 atom stereocenters. The first-order valence-corrected chi connectivity index (χ1v) is 6.95. The molecule has 3 nitrogen and oxygen atoms in total. The van der Waals surface area contributed by atoms with Crippen molar-refractivity contribution >= 4 is 12.4 Å². The molecule has 0 heterocycles. The van der Waals surface area contributed by atoms with Gasteiger partial charge in [0.05, 0.1) is 13.7 Å². The molecule has 1 fully saturated rings. The summed E-state index contributed by atoms with van der Waals surface area (Å²) in [7, 11) is 1.69. The fraction of sp³-hybridized carbons (Fsp3) is 0.500. The third kappa shape index (κ3) is 4.43. The minimum Gasteiger partial charge on any atom is -0.493 e. The van der Waals surface area contributed by atoms with Crippen LogP contribution in [0.2, 0.25) is 0 Å². The fourth-order valence-electron chi connectivity index (χ4n) is 2.14. The van der Waals surface area contributed by atoms with Crippen molar-refractivity contribution in [1.82, 2.24) is 5.32 Å². The number of ether oxygens (including phenoxy) is 2. The topological polar surface area (TPSA) is 30.5 Å². The van der Waals surface area contributed by atoms with E-state index in [0.29, 0.717) is 12.6 Å². The fourth-order valence-corrected chi connectivity index (χ4v) is 2.14. The Bertz CT molecular complexity index is 444. The normalized spacial score (nSPS) is 13.5. The van der Waals surface area contributed by atoms with Gasteiger partial charge in [0.25, 0.3) is 0 Å². The summed E-state index contributed by atoms with van der Waals surface area (Å²) in [5, 5.41) is 3.52. The van der Waals surface area contributed by atoms with Crippen LogP contribution < -0.4 is 14.8 Å². The van der Waals surface area contributed by atoms with E-state index < -0.39 is 0 Å². The van der Waals surface area contributed by atoms with Gasteiger partial charge in [-0.2, -0.15) is 0 Å². The molecule has 112 valence electrons. The molecule has 0 radical (unpaired) electrons. The van der Waals surface area contributed by atoms with Crippen molar-refractivity contribution < 1.29 is 9.47 Å². The second-order valence-electron chi connectivity index (χ2n) is 4.87. The molecule has 2 rings (SSSR count). The molecule has 1 N–H and O–H groups in total. The molecular weight excluding hydrogens is 274 g/mol. The average Bonchev–Trinajstić information content (AvgIpc) is 3.23. The first-order valence-electron chi connectivity index (χ1n) is 6.95. The maximum atomic E-state index is 5.71. The summed E-state index contributed by atoms with van der Waals surface area (Å²) in [5.41, 5.74) is 2.38. The highest BCUT2D eigenvalue weighted by Crippen LogP contribution is 2.34. The van der Waals surface area contributed by atoms with Gasteiger partial charge in [-0.3, -0.25) is 0 Å². The first-order chi connectivity index (χ1) is 9.28. The van der Waals surface area contributed by atoms with Crippen molar-refractivity contribution in [3.8, 4) is 11.5 Å². The van der Waals surface area contributed by atoms with E-state index >= 15 is 0 Å². The highest BCUT2D eigenvalue weighted by atomic mass is 35.5. The Morgan fingerprint density at radius 1 is 1.40 bits per heavy atom. The van der Waals surface area contributed by atoms with Crippen molar-refractivity contribution in [2.75, 3.05) is 13.7 Å². The van der Waals surface area contributed by atoms with E-state index in [2.05, 4.69) is 24.0 Å². The molecule has 1 saturated carbocycles. The lowest BCUT2D eigenvalue weighted by atomic mass is 10.1. The number of hydrogen-bond acceptors (Lipinski definition) is 3. The summed E-state index contributed by atoms with van der Waals surface area (Å²) in [6, 6.07) is 4.96. The minimum atomic E-state index is 0. The van der Waals surface area contributed by atoms with Crippen LogP contribution in [0.15, 0.2) is 24.8 Å². The van der Waals surface area contributed by atoms with E-state index in [1.165, 1.54) is 18.4 Å². The van der Waals surface area contributed by atoms with Crippen molar-refractivity contribution in [3.63, 3.8) is 0 Å². The lowest BCUT2D eigenvalue weighted by Crippen LogP contribution is -2.15. The molecule has 0 spiro atoms. The molecule has 4 heteroatoms. The number of methoxy groups -OCH3 is 1. The van der Waals surface area contributed by atoms with E-state index in [1.807, 2.05) is 13.0 Å². The van der Waals surface area contributed by atoms with Crippen LogP contribution >= 0.6 is 12.4 Å². The van der Waals surface area contributed by atoms with Gasteiger partial charge < -0.3 is 14.8 Å². The predicted molar refractivity (Wildman–Crippen MR) is 85.2 cm³/mol. The molecule has 0 saturated heterocycles. The van der Waals surface area contributed by atoms with Crippen LogP contribution in [0, 0.1) is 0 Å². The molecule has 0 aliphatic heterocycles. The number of nitrogens with one attached hydrogen (secondary N) is 1. The molecule has 1 aliphatic carbocycles. The molecule has 20 heavy (non-hydrogen) atoms. The molecule has 1 aliphatic rings. The summed E-state index contributed by atoms with van der Waals surface area (Å²) in [6.45, 7) is 7.33. The third-order valence-corrected chi connectivity index (χ3v) is 3.24. The Morgan fingerprint density at radius 2 is 2.15 bits per heavy atom. The lowest BCUT2D eigenvalue weighted by molar-refractivity contribution is 0.308. The molecule has 1 aromatic rings. The van der Waals surface area contributed by atoms with Crippen LogP contribution in [-0.4, -0.2) is 19.8 Å². The van der Waals surface area contributed by atoms with Crippen molar-refractivity contribution in [3.05, 3.63) is 35.9 Å². The summed E-state index contributed by atoms with van der Waals surface area (Å²) in [5.74, 6) is 1.66. The number of halogens is 1. The highest BCUT2D eigenvalue weighted by Gasteiger charge is 2.20. The van der Waals surface area contributed by atoms with Crippen molar-refractivity contribution in [2.24, 2.45) is 0 Å². The van der Waals surface area contributed by atoms with E-state index in [0.717, 1.165) is 30.0 Å². The zero-order valence-corrected chi connectivity index (χ0v) is 13.1. The maximum absolute atomic E-state index is 5.71. The Labute approximate surface area is 127 Å². The number of rotatable bonds is 8. The molecular formula is C16H24ClNO2. The number of allylic oxidation sites excluding steroid dienone is 1. The largest absolute Gasteiger partial charge is 0.493 e. The summed E-state index contributed by atoms with van der Waals surface area (Å²) in [6.07, 6.45) is 5.29. The Hall–Kier alpha value is -1.19. The van der Waals surface area contributed by atoms with Gasteiger partial charge in [-0.1, -0.05) is 12.1 Å². The van der Waals surface area contributed by atoms with Gasteiger partial charge in [-0.05, 0) is 37.8 Å². The SMILES string of the molecule is C=CCc1cc(CNC2CC2)cc(OC)c1OCC.Cl. The van der Waals surface area contributed by atoms with Gasteiger partial charge in [0.1, 0.15) is 0 Å². The Balaban J connectivity index is 0.00000200. The molecule has 0 bridgehead atoms. The predicted octanol–water partition coefficient (Wildman–Crippen LogP) is 3.50. The van der Waals surface area contributed by atoms with Crippen LogP contribution in [0.1, 0.15) is 30.9 Å². The van der Waals surface area contributed by atoms with Crippen LogP contribution in [0.25, 0.3) is 0 Å². The van der Waals surface area contributed by atoms with Gasteiger partial charge in [-0.25, -0.2) is 0 Å². The van der Waals surface area contributed by atoms with Crippen LogP contribution in [0.5, 0.6) is 11.5 Å². The second kappa shape index (κ2) is 8.18. The van der Waals surface area contributed by atoms with Gasteiger partial charge in [0.2, 0.25) is 0 Å². The minimum absolute atomic E-state index is 0. The van der Waals surface area contributed by atoms with Gasteiger partial charge in [0, 0.05) is 18.2 Å². The Morgan fingerprint density at radius 3 is 2.70 bits per heavy atom. The maximum Gasteiger partial charge on any atom is 0.164 e. The Kier molecular flexibility index (Phi) is 6.89. The highest BCUT2D eigenvalue weighted by molar-refractivity contribution is 5.85. The molecule has 1 aromatic carbocycles.